The topological polar surface area (TPSA) is 83.8 Å². The van der Waals surface area contributed by atoms with Crippen LogP contribution in [0.25, 0.3) is 16.5 Å². The predicted molar refractivity (Wildman–Crippen MR) is 105 cm³/mol. The van der Waals surface area contributed by atoms with Gasteiger partial charge in [0.05, 0.1) is 18.8 Å². The smallest absolute Gasteiger partial charge is 0.347 e. The zero-order chi connectivity index (χ0) is 20.4. The average molecular weight is 393 g/mol. The van der Waals surface area contributed by atoms with E-state index in [0.717, 1.165) is 0 Å². The number of ether oxygens (including phenoxy) is 3. The highest BCUT2D eigenvalue weighted by atomic mass is 16.6. The van der Waals surface area contributed by atoms with Crippen molar-refractivity contribution in [3.05, 3.63) is 70.6 Å². The van der Waals surface area contributed by atoms with E-state index >= 15 is 0 Å². The maximum atomic E-state index is 13.0. The molecule has 0 N–H and O–H groups in total. The first-order valence-electron chi connectivity index (χ1n) is 9.33. The van der Waals surface area contributed by atoms with Crippen molar-refractivity contribution in [3.8, 4) is 11.4 Å². The number of pyridine rings is 1. The number of carbonyl (C=O) groups excluding carboxylic acids is 2. The first-order valence-corrected chi connectivity index (χ1v) is 9.33. The Kier molecular flexibility index (Phi) is 5.03. The molecule has 0 unspecified atom stereocenters. The molecule has 0 amide bonds. The molecule has 1 aliphatic heterocycles. The molecule has 0 spiro atoms. The van der Waals surface area contributed by atoms with Crippen molar-refractivity contribution in [1.82, 2.24) is 4.57 Å². The van der Waals surface area contributed by atoms with Crippen molar-refractivity contribution >= 4 is 22.7 Å². The lowest BCUT2D eigenvalue weighted by Crippen LogP contribution is -2.25. The minimum absolute atomic E-state index is 0.203. The molecule has 1 atom stereocenters. The highest BCUT2D eigenvalue weighted by Gasteiger charge is 2.31. The third-order valence-electron chi connectivity index (χ3n) is 4.71. The summed E-state index contributed by atoms with van der Waals surface area (Å²) in [6, 6.07) is 13.8. The molecule has 0 radical (unpaired) electrons. The normalized spacial score (nSPS) is 15.9. The van der Waals surface area contributed by atoms with E-state index in [2.05, 4.69) is 0 Å². The van der Waals surface area contributed by atoms with E-state index in [1.54, 1.807) is 48.5 Å². The minimum Gasteiger partial charge on any atom is -0.494 e. The fourth-order valence-electron chi connectivity index (χ4n) is 3.29. The summed E-state index contributed by atoms with van der Waals surface area (Å²) in [5.74, 6) is -0.545. The Bertz CT molecular complexity index is 1130. The van der Waals surface area contributed by atoms with Crippen molar-refractivity contribution in [1.29, 1.82) is 0 Å². The molecule has 3 aromatic rings. The summed E-state index contributed by atoms with van der Waals surface area (Å²) >= 11 is 0. The van der Waals surface area contributed by atoms with Crippen LogP contribution >= 0.6 is 0 Å². The highest BCUT2D eigenvalue weighted by Crippen LogP contribution is 2.22. The van der Waals surface area contributed by atoms with Gasteiger partial charge in [-0.15, -0.1) is 0 Å². The number of fused-ring (bicyclic) bond motifs is 1. The van der Waals surface area contributed by atoms with Crippen molar-refractivity contribution in [2.45, 2.75) is 19.4 Å². The Morgan fingerprint density at radius 2 is 1.83 bits per heavy atom. The van der Waals surface area contributed by atoms with Gasteiger partial charge in [0, 0.05) is 29.1 Å². The van der Waals surface area contributed by atoms with Gasteiger partial charge in [0.2, 0.25) is 6.10 Å². The van der Waals surface area contributed by atoms with Gasteiger partial charge in [-0.1, -0.05) is 18.2 Å². The number of nitrogens with zero attached hydrogens (tertiary/aromatic N) is 1. The molecule has 1 aromatic heterocycles. The monoisotopic (exact) mass is 393 g/mol. The number of esters is 2. The number of aromatic nitrogens is 1. The molecule has 29 heavy (non-hydrogen) atoms. The second kappa shape index (κ2) is 7.79. The lowest BCUT2D eigenvalue weighted by molar-refractivity contribution is -0.145. The van der Waals surface area contributed by atoms with Crippen molar-refractivity contribution in [2.75, 3.05) is 13.2 Å². The van der Waals surface area contributed by atoms with Gasteiger partial charge in [0.25, 0.3) is 5.56 Å². The highest BCUT2D eigenvalue weighted by molar-refractivity contribution is 6.04. The first kappa shape index (κ1) is 18.7. The molecule has 1 saturated heterocycles. The number of cyclic esters (lactones) is 1. The van der Waals surface area contributed by atoms with Crippen molar-refractivity contribution in [3.63, 3.8) is 0 Å². The summed E-state index contributed by atoms with van der Waals surface area (Å²) in [7, 11) is 0. The molecule has 2 heterocycles. The van der Waals surface area contributed by atoms with Gasteiger partial charge >= 0.3 is 11.9 Å². The molecular formula is C22H19NO6. The Morgan fingerprint density at radius 1 is 1.10 bits per heavy atom. The Morgan fingerprint density at radius 3 is 2.48 bits per heavy atom. The van der Waals surface area contributed by atoms with Gasteiger partial charge in [-0.25, -0.2) is 9.59 Å². The van der Waals surface area contributed by atoms with Gasteiger partial charge in [0.1, 0.15) is 5.75 Å². The van der Waals surface area contributed by atoms with Gasteiger partial charge in [-0.05, 0) is 37.3 Å². The van der Waals surface area contributed by atoms with Crippen LogP contribution < -0.4 is 10.3 Å². The number of rotatable bonds is 5. The number of hydrogen-bond acceptors (Lipinski definition) is 6. The largest absolute Gasteiger partial charge is 0.494 e. The summed E-state index contributed by atoms with van der Waals surface area (Å²) in [6.07, 6.45) is 0.844. The van der Waals surface area contributed by atoms with Crippen LogP contribution in [-0.4, -0.2) is 35.8 Å². The van der Waals surface area contributed by atoms with E-state index in [-0.39, 0.29) is 17.7 Å². The molecule has 2 aromatic carbocycles. The number of hydrogen-bond donors (Lipinski definition) is 0. The molecule has 7 nitrogen and oxygen atoms in total. The van der Waals surface area contributed by atoms with Gasteiger partial charge in [0.15, 0.2) is 0 Å². The molecule has 0 aliphatic carbocycles. The first-order chi connectivity index (χ1) is 14.1. The standard InChI is InChI=1S/C22H19NO6/c1-2-27-15-9-7-14(8-10-15)23-13-18(16-5-3-4-6-17(16)20(23)24)21(25)29-19-11-12-28-22(19)26/h3-10,13,19H,2,11-12H2,1H3/t19-/m0/s1. The summed E-state index contributed by atoms with van der Waals surface area (Å²) in [4.78, 5) is 37.5. The van der Waals surface area contributed by atoms with E-state index in [4.69, 9.17) is 14.2 Å². The van der Waals surface area contributed by atoms with Gasteiger partial charge in [-0.2, -0.15) is 0 Å². The maximum Gasteiger partial charge on any atom is 0.347 e. The summed E-state index contributed by atoms with van der Waals surface area (Å²) < 4.78 is 17.0. The molecule has 0 saturated carbocycles. The average Bonchev–Trinajstić information content (AvgIpc) is 3.14. The predicted octanol–water partition coefficient (Wildman–Crippen LogP) is 2.86. The van der Waals surface area contributed by atoms with E-state index in [9.17, 15) is 14.4 Å². The van der Waals surface area contributed by atoms with E-state index < -0.39 is 18.0 Å². The Balaban J connectivity index is 1.79. The number of carbonyl (C=O) groups is 2. The molecule has 148 valence electrons. The van der Waals surface area contributed by atoms with Crippen LogP contribution in [0.5, 0.6) is 5.75 Å². The summed E-state index contributed by atoms with van der Waals surface area (Å²) in [5.41, 5.74) is 0.522. The Hall–Kier alpha value is -3.61. The zero-order valence-electron chi connectivity index (χ0n) is 15.8. The fourth-order valence-corrected chi connectivity index (χ4v) is 3.29. The molecule has 1 aliphatic rings. The molecule has 7 heteroatoms. The molecule has 0 bridgehead atoms. The lowest BCUT2D eigenvalue weighted by atomic mass is 10.1. The van der Waals surface area contributed by atoms with Gasteiger partial charge in [-0.3, -0.25) is 9.36 Å². The summed E-state index contributed by atoms with van der Waals surface area (Å²) in [6.45, 7) is 2.65. The maximum absolute atomic E-state index is 13.0. The summed E-state index contributed by atoms with van der Waals surface area (Å²) in [5, 5.41) is 0.848. The molecule has 4 rings (SSSR count). The van der Waals surface area contributed by atoms with E-state index in [1.807, 2.05) is 6.92 Å². The molecular weight excluding hydrogens is 374 g/mol. The quantitative estimate of drug-likeness (QED) is 0.620. The third-order valence-corrected chi connectivity index (χ3v) is 4.71. The number of benzene rings is 2. The van der Waals surface area contributed by atoms with Crippen LogP contribution in [0.4, 0.5) is 0 Å². The Labute approximate surface area is 166 Å². The molecule has 1 fully saturated rings. The fraction of sp³-hybridized carbons (Fsp3) is 0.227. The van der Waals surface area contributed by atoms with E-state index in [1.165, 1.54) is 10.8 Å². The second-order valence-corrected chi connectivity index (χ2v) is 6.54. The van der Waals surface area contributed by atoms with Gasteiger partial charge < -0.3 is 14.2 Å². The lowest BCUT2D eigenvalue weighted by Gasteiger charge is -2.14. The van der Waals surface area contributed by atoms with Crippen LogP contribution in [-0.2, 0) is 14.3 Å². The van der Waals surface area contributed by atoms with Crippen LogP contribution in [0.15, 0.2) is 59.5 Å². The SMILES string of the molecule is CCOc1ccc(-n2cc(C(=O)O[C@H]3CCOC3=O)c3ccccc3c2=O)cc1. The van der Waals surface area contributed by atoms with Crippen LogP contribution in [0, 0.1) is 0 Å². The zero-order valence-corrected chi connectivity index (χ0v) is 15.8. The third kappa shape index (κ3) is 3.59. The van der Waals surface area contributed by atoms with Crippen molar-refractivity contribution in [2.24, 2.45) is 0 Å². The van der Waals surface area contributed by atoms with Crippen LogP contribution in [0.2, 0.25) is 0 Å². The van der Waals surface area contributed by atoms with E-state index in [0.29, 0.717) is 35.2 Å². The minimum atomic E-state index is -0.924. The second-order valence-electron chi connectivity index (χ2n) is 6.54. The van der Waals surface area contributed by atoms with Crippen molar-refractivity contribution < 1.29 is 23.8 Å². The van der Waals surface area contributed by atoms with Crippen LogP contribution in [0.3, 0.4) is 0 Å². The van der Waals surface area contributed by atoms with Crippen LogP contribution in [0.1, 0.15) is 23.7 Å².